The number of allylic oxidation sites excluding steroid dienone is 1. The molecule has 1 aromatic heterocycles. The van der Waals surface area contributed by atoms with Gasteiger partial charge in [-0.25, -0.2) is 0 Å². The van der Waals surface area contributed by atoms with Gasteiger partial charge in [-0.3, -0.25) is 0 Å². The maximum Gasteiger partial charge on any atom is 0.172 e. The van der Waals surface area contributed by atoms with Crippen LogP contribution < -0.4 is 0 Å². The molecule has 0 radical (unpaired) electrons. The van der Waals surface area contributed by atoms with Crippen LogP contribution in [-0.4, -0.2) is 19.0 Å². The lowest BCUT2D eigenvalue weighted by Gasteiger charge is -2.44. The Morgan fingerprint density at radius 1 is 1.00 bits per heavy atom. The standard InChI is InChI=1S/C23H26O3/c1-22-11-12-23(24-13-14-25-23)16-19(22)9-8-18-15-20(26-21(18)22)10-7-17-5-3-2-4-6-17/h2-6,9,15H,7-8,10-14,16H2,1H3/t22-/m0/s1. The van der Waals surface area contributed by atoms with Gasteiger partial charge >= 0.3 is 0 Å². The van der Waals surface area contributed by atoms with Crippen molar-refractivity contribution in [2.24, 2.45) is 0 Å². The lowest BCUT2D eigenvalue weighted by atomic mass is 9.65. The quantitative estimate of drug-likeness (QED) is 0.750. The zero-order valence-corrected chi connectivity index (χ0v) is 15.4. The summed E-state index contributed by atoms with van der Waals surface area (Å²) in [4.78, 5) is 0. The average molecular weight is 350 g/mol. The molecule has 1 aromatic carbocycles. The highest BCUT2D eigenvalue weighted by Crippen LogP contribution is 2.52. The summed E-state index contributed by atoms with van der Waals surface area (Å²) in [5, 5.41) is 0. The summed E-state index contributed by atoms with van der Waals surface area (Å²) >= 11 is 0. The van der Waals surface area contributed by atoms with Crippen LogP contribution in [0.5, 0.6) is 0 Å². The van der Waals surface area contributed by atoms with Crippen LogP contribution in [0.1, 0.15) is 48.8 Å². The molecule has 1 aliphatic heterocycles. The Morgan fingerprint density at radius 3 is 2.62 bits per heavy atom. The molecule has 1 saturated heterocycles. The molecular weight excluding hydrogens is 324 g/mol. The molecule has 3 heteroatoms. The monoisotopic (exact) mass is 350 g/mol. The molecule has 3 nitrogen and oxygen atoms in total. The molecule has 0 amide bonds. The second-order valence-corrected chi connectivity index (χ2v) is 8.10. The van der Waals surface area contributed by atoms with E-state index in [4.69, 9.17) is 13.9 Å². The van der Waals surface area contributed by atoms with E-state index in [0.717, 1.165) is 57.5 Å². The minimum Gasteiger partial charge on any atom is -0.465 e. The molecule has 136 valence electrons. The molecule has 26 heavy (non-hydrogen) atoms. The minimum atomic E-state index is -0.369. The maximum atomic E-state index is 6.43. The third-order valence-electron chi connectivity index (χ3n) is 6.42. The van der Waals surface area contributed by atoms with Crippen molar-refractivity contribution in [1.29, 1.82) is 0 Å². The fraction of sp³-hybridized carbons (Fsp3) is 0.478. The number of hydrogen-bond acceptors (Lipinski definition) is 3. The van der Waals surface area contributed by atoms with E-state index >= 15 is 0 Å². The first-order valence-electron chi connectivity index (χ1n) is 9.80. The number of furan rings is 1. The smallest absolute Gasteiger partial charge is 0.172 e. The van der Waals surface area contributed by atoms with Gasteiger partial charge in [0.25, 0.3) is 0 Å². The summed E-state index contributed by atoms with van der Waals surface area (Å²) in [6, 6.07) is 12.9. The topological polar surface area (TPSA) is 31.6 Å². The Hall–Kier alpha value is -1.84. The van der Waals surface area contributed by atoms with Crippen LogP contribution in [0.3, 0.4) is 0 Å². The number of rotatable bonds is 3. The summed E-state index contributed by atoms with van der Waals surface area (Å²) in [5.74, 6) is 1.93. The van der Waals surface area contributed by atoms with Gasteiger partial charge in [-0.15, -0.1) is 0 Å². The van der Waals surface area contributed by atoms with E-state index in [2.05, 4.69) is 49.4 Å². The van der Waals surface area contributed by atoms with Crippen LogP contribution in [0.25, 0.3) is 0 Å². The van der Waals surface area contributed by atoms with Crippen LogP contribution >= 0.6 is 0 Å². The van der Waals surface area contributed by atoms with Gasteiger partial charge in [-0.05, 0) is 43.4 Å². The van der Waals surface area contributed by atoms with E-state index in [1.807, 2.05) is 0 Å². The van der Waals surface area contributed by atoms with Crippen LogP contribution in [-0.2, 0) is 34.2 Å². The van der Waals surface area contributed by atoms with Crippen molar-refractivity contribution in [3.05, 3.63) is 70.7 Å². The number of aryl methyl sites for hydroxylation is 2. The number of ether oxygens (including phenoxy) is 2. The summed E-state index contributed by atoms with van der Waals surface area (Å²) in [5.41, 5.74) is 4.16. The molecule has 2 aliphatic carbocycles. The predicted octanol–water partition coefficient (Wildman–Crippen LogP) is 4.73. The van der Waals surface area contributed by atoms with Gasteiger partial charge in [-0.2, -0.15) is 0 Å². The van der Waals surface area contributed by atoms with Crippen molar-refractivity contribution in [1.82, 2.24) is 0 Å². The van der Waals surface area contributed by atoms with Gasteiger partial charge in [0.2, 0.25) is 0 Å². The molecule has 2 aromatic rings. The normalized spacial score (nSPS) is 26.4. The zero-order chi connectivity index (χ0) is 17.6. The first-order valence-corrected chi connectivity index (χ1v) is 9.80. The Bertz CT molecular complexity index is 826. The van der Waals surface area contributed by atoms with E-state index in [1.54, 1.807) is 0 Å². The highest BCUT2D eigenvalue weighted by atomic mass is 16.7. The van der Waals surface area contributed by atoms with Gasteiger partial charge < -0.3 is 13.9 Å². The number of benzene rings is 1. The molecule has 1 spiro atoms. The van der Waals surface area contributed by atoms with Gasteiger partial charge in [0.05, 0.1) is 13.2 Å². The zero-order valence-electron chi connectivity index (χ0n) is 15.4. The number of hydrogen-bond donors (Lipinski definition) is 0. The van der Waals surface area contributed by atoms with Gasteiger partial charge in [0.15, 0.2) is 5.79 Å². The molecule has 2 heterocycles. The van der Waals surface area contributed by atoms with Gasteiger partial charge in [0, 0.05) is 24.7 Å². The third kappa shape index (κ3) is 2.65. The minimum absolute atomic E-state index is 0.000853. The highest BCUT2D eigenvalue weighted by molar-refractivity contribution is 5.44. The predicted molar refractivity (Wildman–Crippen MR) is 100 cm³/mol. The van der Waals surface area contributed by atoms with Gasteiger partial charge in [-0.1, -0.05) is 42.0 Å². The Balaban J connectivity index is 1.37. The molecule has 1 saturated carbocycles. The van der Waals surface area contributed by atoms with E-state index < -0.39 is 0 Å². The molecule has 0 unspecified atom stereocenters. The van der Waals surface area contributed by atoms with E-state index in [-0.39, 0.29) is 11.2 Å². The fourth-order valence-electron chi connectivity index (χ4n) is 4.85. The molecular formula is C23H26O3. The SMILES string of the molecule is C[C@]12CCC3(CC1=CCc1cc(CCc4ccccc4)oc12)OCCO3. The third-order valence-corrected chi connectivity index (χ3v) is 6.42. The Morgan fingerprint density at radius 2 is 1.81 bits per heavy atom. The van der Waals surface area contributed by atoms with E-state index in [0.29, 0.717) is 0 Å². The summed E-state index contributed by atoms with van der Waals surface area (Å²) in [6.07, 6.45) is 8.18. The van der Waals surface area contributed by atoms with Crippen molar-refractivity contribution in [3.63, 3.8) is 0 Å². The van der Waals surface area contributed by atoms with Crippen LogP contribution in [0.4, 0.5) is 0 Å². The molecule has 5 rings (SSSR count). The molecule has 1 atom stereocenters. The molecule has 3 aliphatic rings. The Kier molecular flexibility index (Phi) is 3.84. The first-order chi connectivity index (χ1) is 12.7. The van der Waals surface area contributed by atoms with Crippen molar-refractivity contribution in [2.75, 3.05) is 13.2 Å². The lowest BCUT2D eigenvalue weighted by Crippen LogP contribution is -2.43. The second-order valence-electron chi connectivity index (χ2n) is 8.10. The second kappa shape index (κ2) is 6.11. The van der Waals surface area contributed by atoms with Crippen LogP contribution in [0.2, 0.25) is 0 Å². The van der Waals surface area contributed by atoms with E-state index in [9.17, 15) is 0 Å². The van der Waals surface area contributed by atoms with Crippen LogP contribution in [0.15, 0.2) is 52.5 Å². The van der Waals surface area contributed by atoms with Gasteiger partial charge in [0.1, 0.15) is 11.5 Å². The fourth-order valence-corrected chi connectivity index (χ4v) is 4.85. The van der Waals surface area contributed by atoms with Crippen molar-refractivity contribution < 1.29 is 13.9 Å². The molecule has 2 fully saturated rings. The highest BCUT2D eigenvalue weighted by Gasteiger charge is 2.50. The average Bonchev–Trinajstić information content (AvgIpc) is 3.30. The Labute approximate surface area is 155 Å². The first kappa shape index (κ1) is 16.3. The summed E-state index contributed by atoms with van der Waals surface area (Å²) in [6.45, 7) is 3.78. The molecule has 0 N–H and O–H groups in total. The van der Waals surface area contributed by atoms with Crippen molar-refractivity contribution >= 4 is 0 Å². The van der Waals surface area contributed by atoms with Crippen molar-refractivity contribution in [3.8, 4) is 0 Å². The van der Waals surface area contributed by atoms with E-state index in [1.165, 1.54) is 22.5 Å². The summed E-state index contributed by atoms with van der Waals surface area (Å²) < 4.78 is 18.4. The lowest BCUT2D eigenvalue weighted by molar-refractivity contribution is -0.173. The molecule has 0 bridgehead atoms. The largest absolute Gasteiger partial charge is 0.465 e. The maximum absolute atomic E-state index is 6.43. The number of fused-ring (bicyclic) bond motifs is 3. The van der Waals surface area contributed by atoms with Crippen LogP contribution in [0, 0.1) is 0 Å². The van der Waals surface area contributed by atoms with Crippen molar-refractivity contribution in [2.45, 2.75) is 56.7 Å². The summed E-state index contributed by atoms with van der Waals surface area (Å²) in [7, 11) is 0.